The van der Waals surface area contributed by atoms with E-state index in [0.29, 0.717) is 18.0 Å². The van der Waals surface area contributed by atoms with Crippen LogP contribution in [0.2, 0.25) is 0 Å². The number of halogens is 1. The minimum atomic E-state index is -0.508. The molecule has 0 unspecified atom stereocenters. The second kappa shape index (κ2) is 6.93. The molecule has 2 aromatic rings. The monoisotopic (exact) mass is 395 g/mol. The molecule has 3 atom stereocenters. The van der Waals surface area contributed by atoms with Gasteiger partial charge in [0.15, 0.2) is 0 Å². The van der Waals surface area contributed by atoms with Crippen LogP contribution < -0.4 is 9.64 Å². The Hall–Kier alpha value is -2.77. The fourth-order valence-corrected chi connectivity index (χ4v) is 4.89. The van der Waals surface area contributed by atoms with E-state index in [1.165, 1.54) is 17.0 Å². The summed E-state index contributed by atoms with van der Waals surface area (Å²) in [4.78, 5) is 28.1. The highest BCUT2D eigenvalue weighted by molar-refractivity contribution is 6.24. The molecule has 0 aliphatic carbocycles. The van der Waals surface area contributed by atoms with Gasteiger partial charge in [-0.05, 0) is 55.3 Å². The lowest BCUT2D eigenvalue weighted by Crippen LogP contribution is -2.44. The van der Waals surface area contributed by atoms with Crippen molar-refractivity contribution in [3.05, 3.63) is 59.9 Å². The van der Waals surface area contributed by atoms with Crippen molar-refractivity contribution in [3.63, 3.8) is 0 Å². The molecule has 0 bridgehead atoms. The number of imide groups is 1. The van der Waals surface area contributed by atoms with E-state index in [1.807, 2.05) is 11.9 Å². The van der Waals surface area contributed by atoms with Gasteiger partial charge in [-0.15, -0.1) is 0 Å². The maximum absolute atomic E-state index is 13.5. The quantitative estimate of drug-likeness (QED) is 0.746. The van der Waals surface area contributed by atoms with Crippen molar-refractivity contribution in [3.8, 4) is 5.75 Å². The molecular weight excluding hydrogens is 373 g/mol. The summed E-state index contributed by atoms with van der Waals surface area (Å²) in [5.74, 6) is -0.509. The van der Waals surface area contributed by atoms with Crippen LogP contribution in [0.25, 0.3) is 0 Å². The summed E-state index contributed by atoms with van der Waals surface area (Å²) in [6, 6.07) is 12.5. The predicted octanol–water partition coefficient (Wildman–Crippen LogP) is 2.76. The van der Waals surface area contributed by atoms with Crippen molar-refractivity contribution in [2.75, 3.05) is 24.6 Å². The first-order valence-corrected chi connectivity index (χ1v) is 9.99. The van der Waals surface area contributed by atoms with Crippen molar-refractivity contribution in [2.45, 2.75) is 25.4 Å². The molecule has 0 spiro atoms. The Kier molecular flexibility index (Phi) is 4.37. The first-order valence-electron chi connectivity index (χ1n) is 9.99. The third-order valence-corrected chi connectivity index (χ3v) is 6.02. The summed E-state index contributed by atoms with van der Waals surface area (Å²) in [6.45, 7) is 3.99. The first kappa shape index (κ1) is 18.3. The molecule has 6 nitrogen and oxygen atoms in total. The van der Waals surface area contributed by atoms with Crippen molar-refractivity contribution in [1.29, 1.82) is 0 Å². The number of amides is 2. The molecule has 5 rings (SSSR count). The van der Waals surface area contributed by atoms with Crippen LogP contribution in [0.3, 0.4) is 0 Å². The number of hydrogen-bond acceptors (Lipinski definition) is 5. The van der Waals surface area contributed by atoms with E-state index in [4.69, 9.17) is 4.74 Å². The maximum atomic E-state index is 13.5. The Morgan fingerprint density at radius 2 is 1.59 bits per heavy atom. The fraction of sp³-hybridized carbons (Fsp3) is 0.364. The Morgan fingerprint density at radius 3 is 2.24 bits per heavy atom. The zero-order valence-electron chi connectivity index (χ0n) is 16.1. The third kappa shape index (κ3) is 2.76. The van der Waals surface area contributed by atoms with Crippen molar-refractivity contribution in [1.82, 2.24) is 10.0 Å². The van der Waals surface area contributed by atoms with E-state index in [1.54, 1.807) is 36.4 Å². The molecule has 3 heterocycles. The molecule has 150 valence electrons. The highest BCUT2D eigenvalue weighted by Gasteiger charge is 2.62. The van der Waals surface area contributed by atoms with Gasteiger partial charge in [0.25, 0.3) is 5.91 Å². The van der Waals surface area contributed by atoms with Crippen LogP contribution in [0.1, 0.15) is 24.9 Å². The predicted molar refractivity (Wildman–Crippen MR) is 105 cm³/mol. The smallest absolute Gasteiger partial charge is 0.253 e. The van der Waals surface area contributed by atoms with Crippen LogP contribution in [0, 0.1) is 11.7 Å². The van der Waals surface area contributed by atoms with Crippen LogP contribution >= 0.6 is 0 Å². The van der Waals surface area contributed by atoms with Crippen molar-refractivity contribution >= 4 is 17.5 Å². The lowest BCUT2D eigenvalue weighted by Gasteiger charge is -2.29. The van der Waals surface area contributed by atoms with Gasteiger partial charge in [-0.25, -0.2) is 19.3 Å². The van der Waals surface area contributed by atoms with Gasteiger partial charge in [0.05, 0.1) is 24.3 Å². The number of hydrazine groups is 1. The highest BCUT2D eigenvalue weighted by atomic mass is 19.1. The number of anilines is 1. The SMILES string of the molecule is CCOc1ccc(N2C(=O)[C@@H]3[C@@H](C2=O)N2CCCN2[C@H]3c2ccc(F)cc2)cc1. The Bertz CT molecular complexity index is 947. The van der Waals surface area contributed by atoms with Crippen LogP contribution in [-0.4, -0.2) is 47.6 Å². The van der Waals surface area contributed by atoms with E-state index in [-0.39, 0.29) is 23.7 Å². The molecule has 0 radical (unpaired) electrons. The fourth-order valence-electron chi connectivity index (χ4n) is 4.89. The summed E-state index contributed by atoms with van der Waals surface area (Å²) in [6.07, 6.45) is 0.936. The lowest BCUT2D eigenvalue weighted by molar-refractivity contribution is -0.126. The number of nitrogens with zero attached hydrogens (tertiary/aromatic N) is 3. The van der Waals surface area contributed by atoms with Crippen LogP contribution in [0.15, 0.2) is 48.5 Å². The zero-order valence-corrected chi connectivity index (χ0v) is 16.1. The standard InChI is InChI=1S/C22H22FN3O3/c1-2-29-17-10-8-16(9-11-17)26-21(27)18-19(14-4-6-15(23)7-5-14)24-12-3-13-25(24)20(18)22(26)28/h4-11,18-20H,2-3,12-13H2,1H3/t18-,19-,20-/m0/s1. The third-order valence-electron chi connectivity index (χ3n) is 6.02. The molecular formula is C22H22FN3O3. The number of hydrogen-bond donors (Lipinski definition) is 0. The summed E-state index contributed by atoms with van der Waals surface area (Å²) >= 11 is 0. The van der Waals surface area contributed by atoms with E-state index >= 15 is 0 Å². The van der Waals surface area contributed by atoms with Gasteiger partial charge in [0, 0.05) is 13.1 Å². The number of benzene rings is 2. The number of fused-ring (bicyclic) bond motifs is 3. The average molecular weight is 395 g/mol. The molecule has 0 aromatic heterocycles. The van der Waals surface area contributed by atoms with E-state index in [0.717, 1.165) is 25.1 Å². The number of carbonyl (C=O) groups is 2. The number of ether oxygens (including phenoxy) is 1. The van der Waals surface area contributed by atoms with Gasteiger partial charge in [0.2, 0.25) is 5.91 Å². The van der Waals surface area contributed by atoms with Crippen LogP contribution in [-0.2, 0) is 9.59 Å². The largest absolute Gasteiger partial charge is 0.494 e. The van der Waals surface area contributed by atoms with Gasteiger partial charge in [0.1, 0.15) is 17.6 Å². The topological polar surface area (TPSA) is 53.1 Å². The summed E-state index contributed by atoms with van der Waals surface area (Å²) in [7, 11) is 0. The lowest BCUT2D eigenvalue weighted by atomic mass is 9.90. The van der Waals surface area contributed by atoms with Gasteiger partial charge >= 0.3 is 0 Å². The molecule has 29 heavy (non-hydrogen) atoms. The maximum Gasteiger partial charge on any atom is 0.253 e. The highest BCUT2D eigenvalue weighted by Crippen LogP contribution is 2.48. The molecule has 3 aliphatic heterocycles. The van der Waals surface area contributed by atoms with Crippen LogP contribution in [0.5, 0.6) is 5.75 Å². The zero-order chi connectivity index (χ0) is 20.1. The Morgan fingerprint density at radius 1 is 0.931 bits per heavy atom. The molecule has 3 aliphatic rings. The van der Waals surface area contributed by atoms with Gasteiger partial charge in [-0.2, -0.15) is 0 Å². The summed E-state index contributed by atoms with van der Waals surface area (Å²) < 4.78 is 18.9. The van der Waals surface area contributed by atoms with Gasteiger partial charge in [-0.3, -0.25) is 9.59 Å². The molecule has 7 heteroatoms. The molecule has 2 aromatic carbocycles. The average Bonchev–Trinajstić information content (AvgIpc) is 3.36. The second-order valence-corrected chi connectivity index (χ2v) is 7.59. The minimum absolute atomic E-state index is 0.194. The van der Waals surface area contributed by atoms with Crippen LogP contribution in [0.4, 0.5) is 10.1 Å². The number of carbonyl (C=O) groups excluding carboxylic acids is 2. The minimum Gasteiger partial charge on any atom is -0.494 e. The molecule has 3 saturated heterocycles. The van der Waals surface area contributed by atoms with E-state index in [9.17, 15) is 14.0 Å². The van der Waals surface area contributed by atoms with Gasteiger partial charge < -0.3 is 4.74 Å². The van der Waals surface area contributed by atoms with Crippen molar-refractivity contribution < 1.29 is 18.7 Å². The molecule has 2 amide bonds. The van der Waals surface area contributed by atoms with Crippen molar-refractivity contribution in [2.24, 2.45) is 5.92 Å². The second-order valence-electron chi connectivity index (χ2n) is 7.59. The molecule has 3 fully saturated rings. The summed E-state index contributed by atoms with van der Waals surface area (Å²) in [5, 5.41) is 4.15. The Balaban J connectivity index is 1.51. The summed E-state index contributed by atoms with van der Waals surface area (Å²) in [5.41, 5.74) is 1.42. The molecule has 0 N–H and O–H groups in total. The normalized spacial score (nSPS) is 26.8. The van der Waals surface area contributed by atoms with E-state index in [2.05, 4.69) is 5.01 Å². The molecule has 0 saturated carbocycles. The number of rotatable bonds is 4. The Labute approximate surface area is 168 Å². The first-order chi connectivity index (χ1) is 14.1. The van der Waals surface area contributed by atoms with Gasteiger partial charge in [-0.1, -0.05) is 12.1 Å². The van der Waals surface area contributed by atoms with E-state index < -0.39 is 12.0 Å².